The zero-order valence-corrected chi connectivity index (χ0v) is 8.46. The van der Waals surface area contributed by atoms with Crippen LogP contribution < -0.4 is 5.73 Å². The summed E-state index contributed by atoms with van der Waals surface area (Å²) in [6.45, 7) is 1.93. The van der Waals surface area contributed by atoms with E-state index in [0.717, 1.165) is 0 Å². The fourth-order valence-corrected chi connectivity index (χ4v) is 1.14. The lowest BCUT2D eigenvalue weighted by Gasteiger charge is -2.17. The smallest absolute Gasteiger partial charge is 0.325 e. The van der Waals surface area contributed by atoms with Crippen LogP contribution in [0.5, 0.6) is 0 Å². The van der Waals surface area contributed by atoms with Gasteiger partial charge in [0.05, 0.1) is 6.61 Å². The number of hydrogen-bond donors (Lipinski definition) is 2. The second-order valence-electron chi connectivity index (χ2n) is 3.00. The van der Waals surface area contributed by atoms with Crippen molar-refractivity contribution in [3.63, 3.8) is 0 Å². The van der Waals surface area contributed by atoms with Crippen LogP contribution in [-0.4, -0.2) is 28.7 Å². The summed E-state index contributed by atoms with van der Waals surface area (Å²) in [7, 11) is 0. The third-order valence-corrected chi connectivity index (χ3v) is 1.95. The van der Waals surface area contributed by atoms with Gasteiger partial charge in [-0.15, -0.1) is 0 Å². The molecule has 15 heavy (non-hydrogen) atoms. The van der Waals surface area contributed by atoms with Crippen LogP contribution in [0.4, 0.5) is 0 Å². The molecule has 0 fully saturated rings. The van der Waals surface area contributed by atoms with Crippen molar-refractivity contribution in [2.24, 2.45) is 5.73 Å². The number of pyridine rings is 1. The van der Waals surface area contributed by atoms with Gasteiger partial charge < -0.3 is 15.6 Å². The van der Waals surface area contributed by atoms with Gasteiger partial charge in [-0.3, -0.25) is 9.78 Å². The first kappa shape index (κ1) is 11.6. The third-order valence-electron chi connectivity index (χ3n) is 1.95. The Bertz CT molecular complexity index is 316. The molecule has 0 aliphatic carbocycles. The summed E-state index contributed by atoms with van der Waals surface area (Å²) in [6.07, 6.45) is 1.99. The molecule has 1 rings (SSSR count). The van der Waals surface area contributed by atoms with Gasteiger partial charge in [0.15, 0.2) is 0 Å². The summed E-state index contributed by atoms with van der Waals surface area (Å²) in [6, 6.07) is 2.14. The number of carbonyl (C=O) groups excluding carboxylic acids is 1. The summed E-state index contributed by atoms with van der Waals surface area (Å²) in [5.74, 6) is -0.609. The zero-order chi connectivity index (χ0) is 11.3. The molecule has 0 saturated heterocycles. The average Bonchev–Trinajstić information content (AvgIpc) is 2.28. The van der Waals surface area contributed by atoms with Gasteiger partial charge in [0.2, 0.25) is 0 Å². The minimum atomic E-state index is -1.06. The highest BCUT2D eigenvalue weighted by atomic mass is 16.5. The first-order valence-electron chi connectivity index (χ1n) is 4.67. The van der Waals surface area contributed by atoms with Crippen molar-refractivity contribution < 1.29 is 14.6 Å². The number of aliphatic hydroxyl groups excluding tert-OH is 1. The van der Waals surface area contributed by atoms with Gasteiger partial charge in [-0.25, -0.2) is 0 Å². The maximum atomic E-state index is 11.2. The maximum absolute atomic E-state index is 11.2. The summed E-state index contributed by atoms with van der Waals surface area (Å²) < 4.78 is 4.71. The van der Waals surface area contributed by atoms with Crippen molar-refractivity contribution in [1.82, 2.24) is 4.98 Å². The normalized spacial score (nSPS) is 14.3. The molecule has 5 nitrogen and oxygen atoms in total. The second-order valence-corrected chi connectivity index (χ2v) is 3.00. The molecule has 1 aromatic heterocycles. The SMILES string of the molecule is CCOC(=O)[C@@H](N)C(O)c1ccncc1. The standard InChI is InChI=1S/C10H14N2O3/c1-2-15-10(14)8(11)9(13)7-3-5-12-6-4-7/h3-6,8-9,13H,2,11H2,1H3/t8-,9?/m0/s1. The molecule has 2 atom stereocenters. The number of aliphatic hydroxyl groups is 1. The molecule has 82 valence electrons. The molecule has 5 heteroatoms. The van der Waals surface area contributed by atoms with E-state index in [9.17, 15) is 9.90 Å². The summed E-state index contributed by atoms with van der Waals surface area (Å²) in [4.78, 5) is 15.0. The molecule has 1 aromatic rings. The third kappa shape index (κ3) is 3.00. The molecule has 0 radical (unpaired) electrons. The number of nitrogens with zero attached hydrogens (tertiary/aromatic N) is 1. The minimum absolute atomic E-state index is 0.246. The summed E-state index contributed by atoms with van der Waals surface area (Å²) in [5, 5.41) is 9.73. The molecule has 0 saturated carbocycles. The monoisotopic (exact) mass is 210 g/mol. The predicted molar refractivity (Wildman–Crippen MR) is 53.8 cm³/mol. The van der Waals surface area contributed by atoms with E-state index in [4.69, 9.17) is 10.5 Å². The Morgan fingerprint density at radius 3 is 2.73 bits per heavy atom. The fourth-order valence-electron chi connectivity index (χ4n) is 1.14. The Balaban J connectivity index is 2.68. The fraction of sp³-hybridized carbons (Fsp3) is 0.400. The van der Waals surface area contributed by atoms with Gasteiger partial charge in [-0.2, -0.15) is 0 Å². The Kier molecular flexibility index (Phi) is 4.20. The highest BCUT2D eigenvalue weighted by molar-refractivity contribution is 5.76. The van der Waals surface area contributed by atoms with Crippen molar-refractivity contribution in [2.75, 3.05) is 6.61 Å². The van der Waals surface area contributed by atoms with E-state index in [-0.39, 0.29) is 6.61 Å². The summed E-state index contributed by atoms with van der Waals surface area (Å²) in [5.41, 5.74) is 6.08. The Labute approximate surface area is 87.9 Å². The second kappa shape index (κ2) is 5.43. The Morgan fingerprint density at radius 1 is 1.60 bits per heavy atom. The van der Waals surface area contributed by atoms with Crippen LogP contribution in [0.15, 0.2) is 24.5 Å². The number of rotatable bonds is 4. The number of esters is 1. The Morgan fingerprint density at radius 2 is 2.20 bits per heavy atom. The molecule has 1 unspecified atom stereocenters. The molecular weight excluding hydrogens is 196 g/mol. The van der Waals surface area contributed by atoms with Gasteiger partial charge in [-0.1, -0.05) is 0 Å². The van der Waals surface area contributed by atoms with Gasteiger partial charge in [0, 0.05) is 12.4 Å². The van der Waals surface area contributed by atoms with E-state index in [1.54, 1.807) is 19.1 Å². The first-order valence-corrected chi connectivity index (χ1v) is 4.67. The van der Waals surface area contributed by atoms with Gasteiger partial charge in [-0.05, 0) is 24.6 Å². The van der Waals surface area contributed by atoms with Crippen LogP contribution in [0.1, 0.15) is 18.6 Å². The average molecular weight is 210 g/mol. The summed E-state index contributed by atoms with van der Waals surface area (Å²) >= 11 is 0. The molecule has 1 heterocycles. The topological polar surface area (TPSA) is 85.4 Å². The molecule has 0 aliphatic rings. The van der Waals surface area contributed by atoms with Crippen LogP contribution in [0.2, 0.25) is 0 Å². The van der Waals surface area contributed by atoms with Crippen LogP contribution >= 0.6 is 0 Å². The maximum Gasteiger partial charge on any atom is 0.325 e. The van der Waals surface area contributed by atoms with Crippen LogP contribution in [0.3, 0.4) is 0 Å². The van der Waals surface area contributed by atoms with Crippen molar-refractivity contribution in [3.8, 4) is 0 Å². The molecular formula is C10H14N2O3. The zero-order valence-electron chi connectivity index (χ0n) is 8.46. The molecule has 0 amide bonds. The Hall–Kier alpha value is -1.46. The molecule has 3 N–H and O–H groups in total. The van der Waals surface area contributed by atoms with Gasteiger partial charge >= 0.3 is 5.97 Å². The lowest BCUT2D eigenvalue weighted by molar-refractivity contribution is -0.147. The number of aromatic nitrogens is 1. The number of ether oxygens (including phenoxy) is 1. The van der Waals surface area contributed by atoms with Crippen molar-refractivity contribution >= 4 is 5.97 Å². The van der Waals surface area contributed by atoms with Crippen LogP contribution in [-0.2, 0) is 9.53 Å². The lowest BCUT2D eigenvalue weighted by atomic mass is 10.0. The van der Waals surface area contributed by atoms with E-state index in [2.05, 4.69) is 4.98 Å². The highest BCUT2D eigenvalue weighted by Crippen LogP contribution is 2.14. The highest BCUT2D eigenvalue weighted by Gasteiger charge is 2.24. The van der Waals surface area contributed by atoms with E-state index in [0.29, 0.717) is 5.56 Å². The van der Waals surface area contributed by atoms with E-state index >= 15 is 0 Å². The van der Waals surface area contributed by atoms with E-state index < -0.39 is 18.1 Å². The van der Waals surface area contributed by atoms with Crippen molar-refractivity contribution in [3.05, 3.63) is 30.1 Å². The number of hydrogen-bond acceptors (Lipinski definition) is 5. The predicted octanol–water partition coefficient (Wildman–Crippen LogP) is 0.00540. The molecule has 0 aliphatic heterocycles. The minimum Gasteiger partial charge on any atom is -0.465 e. The largest absolute Gasteiger partial charge is 0.465 e. The molecule has 0 aromatic carbocycles. The van der Waals surface area contributed by atoms with Crippen molar-refractivity contribution in [2.45, 2.75) is 19.1 Å². The first-order chi connectivity index (χ1) is 7.16. The van der Waals surface area contributed by atoms with Gasteiger partial charge in [0.1, 0.15) is 12.1 Å². The number of nitrogens with two attached hydrogens (primary N) is 1. The van der Waals surface area contributed by atoms with E-state index in [1.165, 1.54) is 12.4 Å². The quantitative estimate of drug-likeness (QED) is 0.683. The molecule has 0 bridgehead atoms. The number of carbonyl (C=O) groups is 1. The van der Waals surface area contributed by atoms with E-state index in [1.807, 2.05) is 0 Å². The van der Waals surface area contributed by atoms with Gasteiger partial charge in [0.25, 0.3) is 0 Å². The van der Waals surface area contributed by atoms with Crippen LogP contribution in [0.25, 0.3) is 0 Å². The lowest BCUT2D eigenvalue weighted by Crippen LogP contribution is -2.38. The molecule has 0 spiro atoms. The van der Waals surface area contributed by atoms with Crippen LogP contribution in [0, 0.1) is 0 Å². The van der Waals surface area contributed by atoms with Crippen molar-refractivity contribution in [1.29, 1.82) is 0 Å².